The number of rotatable bonds is 0. The molecule has 4 heteroatoms. The molecule has 0 saturated heterocycles. The van der Waals surface area contributed by atoms with Crippen LogP contribution in [0.15, 0.2) is 41.1 Å². The first-order valence-corrected chi connectivity index (χ1v) is 5.91. The van der Waals surface area contributed by atoms with Gasteiger partial charge in [0.05, 0.1) is 16.1 Å². The van der Waals surface area contributed by atoms with Crippen LogP contribution in [0.25, 0.3) is 21.8 Å². The van der Waals surface area contributed by atoms with Crippen LogP contribution in [0.2, 0.25) is 5.02 Å². The van der Waals surface area contributed by atoms with Crippen LogP contribution in [0.5, 0.6) is 0 Å². The molecule has 1 aromatic carbocycles. The molecular weight excluding hydrogens is 288 g/mol. The summed E-state index contributed by atoms with van der Waals surface area (Å²) in [6, 6.07) is 7.95. The molecule has 0 radical (unpaired) electrons. The number of hydrogen-bond donors (Lipinski definition) is 0. The molecule has 0 unspecified atom stereocenters. The van der Waals surface area contributed by atoms with Gasteiger partial charge in [-0.25, -0.2) is 0 Å². The van der Waals surface area contributed by atoms with Crippen molar-refractivity contribution in [3.05, 3.63) is 46.2 Å². The van der Waals surface area contributed by atoms with Gasteiger partial charge in [0, 0.05) is 27.6 Å². The first-order chi connectivity index (χ1) is 7.74. The van der Waals surface area contributed by atoms with Gasteiger partial charge < -0.3 is 0 Å². The normalized spacial score (nSPS) is 11.1. The summed E-state index contributed by atoms with van der Waals surface area (Å²) in [7, 11) is 0. The predicted octanol–water partition coefficient (Wildman–Crippen LogP) is 4.20. The Balaban J connectivity index is 2.50. The fraction of sp³-hybridized carbons (Fsp3) is 0. The van der Waals surface area contributed by atoms with E-state index in [-0.39, 0.29) is 0 Å². The highest BCUT2D eigenvalue weighted by molar-refractivity contribution is 9.10. The van der Waals surface area contributed by atoms with E-state index < -0.39 is 0 Å². The Morgan fingerprint density at radius 3 is 2.31 bits per heavy atom. The van der Waals surface area contributed by atoms with Crippen LogP contribution < -0.4 is 0 Å². The summed E-state index contributed by atoms with van der Waals surface area (Å²) in [6.07, 6.45) is 3.42. The Labute approximate surface area is 105 Å². The van der Waals surface area contributed by atoms with Crippen molar-refractivity contribution in [1.29, 1.82) is 0 Å². The number of halogens is 2. The number of hydrogen-bond acceptors (Lipinski definition) is 2. The van der Waals surface area contributed by atoms with Crippen molar-refractivity contribution in [1.82, 2.24) is 9.97 Å². The van der Waals surface area contributed by atoms with Crippen LogP contribution in [0.3, 0.4) is 0 Å². The Morgan fingerprint density at radius 2 is 1.56 bits per heavy atom. The third-order valence-corrected chi connectivity index (χ3v) is 3.07. The molecule has 0 atom stereocenters. The average molecular weight is 294 g/mol. The maximum absolute atomic E-state index is 5.90. The van der Waals surface area contributed by atoms with Crippen molar-refractivity contribution < 1.29 is 0 Å². The quantitative estimate of drug-likeness (QED) is 0.581. The molecule has 16 heavy (non-hydrogen) atoms. The van der Waals surface area contributed by atoms with Crippen LogP contribution >= 0.6 is 27.5 Å². The Hall–Kier alpha value is -1.19. The molecule has 0 N–H and O–H groups in total. The second-order valence-electron chi connectivity index (χ2n) is 3.52. The first kappa shape index (κ1) is 10.00. The molecular formula is C12H6BrClN2. The number of nitrogens with zero attached hydrogens (tertiary/aromatic N) is 2. The standard InChI is InChI=1S/C12H6BrClN2/c13-9-3-7-1-2-8-4-10(14)6-16-12(8)11(7)15-5-9/h1-6H. The second-order valence-corrected chi connectivity index (χ2v) is 4.87. The van der Waals surface area contributed by atoms with Gasteiger partial charge in [-0.15, -0.1) is 0 Å². The van der Waals surface area contributed by atoms with Gasteiger partial charge in [-0.1, -0.05) is 23.7 Å². The molecule has 2 nitrogen and oxygen atoms in total. The molecule has 0 amide bonds. The highest BCUT2D eigenvalue weighted by atomic mass is 79.9. The summed E-state index contributed by atoms with van der Waals surface area (Å²) in [6.45, 7) is 0. The zero-order valence-corrected chi connectivity index (χ0v) is 10.5. The lowest BCUT2D eigenvalue weighted by molar-refractivity contribution is 1.36. The van der Waals surface area contributed by atoms with Crippen molar-refractivity contribution in [2.24, 2.45) is 0 Å². The summed E-state index contributed by atoms with van der Waals surface area (Å²) in [4.78, 5) is 8.71. The maximum atomic E-state index is 5.90. The van der Waals surface area contributed by atoms with E-state index in [1.165, 1.54) is 0 Å². The predicted molar refractivity (Wildman–Crippen MR) is 69.8 cm³/mol. The minimum absolute atomic E-state index is 0.643. The van der Waals surface area contributed by atoms with Gasteiger partial charge in [-0.05, 0) is 28.1 Å². The Bertz CT molecular complexity index is 636. The van der Waals surface area contributed by atoms with Gasteiger partial charge in [0.2, 0.25) is 0 Å². The van der Waals surface area contributed by atoms with Gasteiger partial charge in [0.15, 0.2) is 0 Å². The first-order valence-electron chi connectivity index (χ1n) is 4.73. The molecule has 0 spiro atoms. The highest BCUT2D eigenvalue weighted by Gasteiger charge is 2.03. The molecule has 2 aromatic heterocycles. The van der Waals surface area contributed by atoms with Crippen molar-refractivity contribution >= 4 is 49.3 Å². The van der Waals surface area contributed by atoms with Crippen molar-refractivity contribution in [2.45, 2.75) is 0 Å². The van der Waals surface area contributed by atoms with Gasteiger partial charge >= 0.3 is 0 Å². The lowest BCUT2D eigenvalue weighted by Gasteiger charge is -2.02. The number of pyridine rings is 2. The molecule has 3 rings (SSSR count). The second kappa shape index (κ2) is 3.68. The van der Waals surface area contributed by atoms with Crippen LogP contribution in [-0.4, -0.2) is 9.97 Å². The van der Waals surface area contributed by atoms with Gasteiger partial charge in [-0.2, -0.15) is 0 Å². The SMILES string of the molecule is Clc1cnc2c(ccc3cc(Br)cnc32)c1. The van der Waals surface area contributed by atoms with Crippen LogP contribution in [0.1, 0.15) is 0 Å². The summed E-state index contributed by atoms with van der Waals surface area (Å²) in [5, 5.41) is 2.72. The molecule has 78 valence electrons. The van der Waals surface area contributed by atoms with E-state index in [2.05, 4.69) is 25.9 Å². The summed E-state index contributed by atoms with van der Waals surface area (Å²) in [5.41, 5.74) is 1.78. The summed E-state index contributed by atoms with van der Waals surface area (Å²) < 4.78 is 0.966. The smallest absolute Gasteiger partial charge is 0.0965 e. The Morgan fingerprint density at radius 1 is 0.938 bits per heavy atom. The number of fused-ring (bicyclic) bond motifs is 3. The van der Waals surface area contributed by atoms with Crippen LogP contribution in [0, 0.1) is 0 Å². The topological polar surface area (TPSA) is 25.8 Å². The molecule has 0 fully saturated rings. The van der Waals surface area contributed by atoms with Crippen molar-refractivity contribution in [3.63, 3.8) is 0 Å². The molecule has 0 aliphatic carbocycles. The third-order valence-electron chi connectivity index (χ3n) is 2.43. The largest absolute Gasteiger partial charge is 0.253 e. The van der Waals surface area contributed by atoms with E-state index in [1.807, 2.05) is 24.3 Å². The number of benzene rings is 1. The minimum atomic E-state index is 0.643. The van der Waals surface area contributed by atoms with Crippen LogP contribution in [0.4, 0.5) is 0 Å². The highest BCUT2D eigenvalue weighted by Crippen LogP contribution is 2.25. The lowest BCUT2D eigenvalue weighted by atomic mass is 10.1. The Kier molecular flexibility index (Phi) is 2.30. The fourth-order valence-corrected chi connectivity index (χ4v) is 2.25. The van der Waals surface area contributed by atoms with E-state index in [0.717, 1.165) is 26.3 Å². The van der Waals surface area contributed by atoms with Gasteiger partial charge in [0.25, 0.3) is 0 Å². The summed E-state index contributed by atoms with van der Waals surface area (Å²) in [5.74, 6) is 0. The lowest BCUT2D eigenvalue weighted by Crippen LogP contribution is -1.85. The van der Waals surface area contributed by atoms with E-state index in [9.17, 15) is 0 Å². The van der Waals surface area contributed by atoms with Crippen LogP contribution in [-0.2, 0) is 0 Å². The van der Waals surface area contributed by atoms with E-state index >= 15 is 0 Å². The number of aromatic nitrogens is 2. The zero-order chi connectivity index (χ0) is 11.1. The fourth-order valence-electron chi connectivity index (χ4n) is 1.74. The minimum Gasteiger partial charge on any atom is -0.253 e. The summed E-state index contributed by atoms with van der Waals surface area (Å²) >= 11 is 9.31. The third kappa shape index (κ3) is 1.56. The average Bonchev–Trinajstić information content (AvgIpc) is 2.28. The van der Waals surface area contributed by atoms with Crippen molar-refractivity contribution in [3.8, 4) is 0 Å². The maximum Gasteiger partial charge on any atom is 0.0965 e. The molecule has 0 aliphatic heterocycles. The zero-order valence-electron chi connectivity index (χ0n) is 8.11. The monoisotopic (exact) mass is 292 g/mol. The van der Waals surface area contributed by atoms with Gasteiger partial charge in [0.1, 0.15) is 0 Å². The molecule has 0 bridgehead atoms. The molecule has 0 aliphatic rings. The molecule has 3 aromatic rings. The molecule has 0 saturated carbocycles. The van der Waals surface area contributed by atoms with E-state index in [1.54, 1.807) is 12.4 Å². The van der Waals surface area contributed by atoms with Crippen molar-refractivity contribution in [2.75, 3.05) is 0 Å². The molecule has 2 heterocycles. The van der Waals surface area contributed by atoms with E-state index in [0.29, 0.717) is 5.02 Å². The van der Waals surface area contributed by atoms with E-state index in [4.69, 9.17) is 11.6 Å². The van der Waals surface area contributed by atoms with Gasteiger partial charge in [-0.3, -0.25) is 9.97 Å².